The Morgan fingerprint density at radius 3 is 2.20 bits per heavy atom. The Bertz CT molecular complexity index is 398. The lowest BCUT2D eigenvalue weighted by atomic mass is 10.0. The van der Waals surface area contributed by atoms with E-state index in [2.05, 4.69) is 31.0 Å². The summed E-state index contributed by atoms with van der Waals surface area (Å²) in [5.41, 5.74) is -0.546. The van der Waals surface area contributed by atoms with E-state index in [4.69, 9.17) is 17.0 Å². The molecule has 0 fully saturated rings. The first-order chi connectivity index (χ1) is 6.70. The minimum atomic E-state index is -0.444. The van der Waals surface area contributed by atoms with Crippen LogP contribution in [0.2, 0.25) is 0 Å². The average molecular weight is 229 g/mol. The van der Waals surface area contributed by atoms with E-state index in [1.807, 2.05) is 18.4 Å². The van der Waals surface area contributed by atoms with Gasteiger partial charge in [0.2, 0.25) is 0 Å². The van der Waals surface area contributed by atoms with Gasteiger partial charge in [0, 0.05) is 12.6 Å². The second kappa shape index (κ2) is 3.72. The lowest BCUT2D eigenvalue weighted by Crippen LogP contribution is -2.32. The molecular weight excluding hydrogens is 210 g/mol. The number of methoxy groups -OCH3 is 1. The maximum absolute atomic E-state index is 5.42. The van der Waals surface area contributed by atoms with Crippen LogP contribution in [-0.2, 0) is 15.9 Å². The molecule has 0 spiro atoms. The summed E-state index contributed by atoms with van der Waals surface area (Å²) in [6.45, 7) is 10.2. The largest absolute Gasteiger partial charge is 0.371 e. The Morgan fingerprint density at radius 2 is 1.80 bits per heavy atom. The molecule has 0 unspecified atom stereocenters. The summed E-state index contributed by atoms with van der Waals surface area (Å²) in [4.78, 5) is 0. The van der Waals surface area contributed by atoms with Crippen molar-refractivity contribution in [3.05, 3.63) is 10.6 Å². The van der Waals surface area contributed by atoms with E-state index in [0.717, 1.165) is 5.82 Å². The van der Waals surface area contributed by atoms with Crippen molar-refractivity contribution in [2.45, 2.75) is 45.8 Å². The van der Waals surface area contributed by atoms with Crippen molar-refractivity contribution in [3.8, 4) is 0 Å². The summed E-state index contributed by atoms with van der Waals surface area (Å²) in [6.07, 6.45) is 0. The van der Waals surface area contributed by atoms with Crippen molar-refractivity contribution in [1.82, 2.24) is 14.8 Å². The molecule has 15 heavy (non-hydrogen) atoms. The minimum Gasteiger partial charge on any atom is -0.371 e. The van der Waals surface area contributed by atoms with Crippen LogP contribution in [0.1, 0.15) is 40.4 Å². The molecule has 1 aromatic rings. The van der Waals surface area contributed by atoms with Crippen LogP contribution in [0.25, 0.3) is 0 Å². The first kappa shape index (κ1) is 12.4. The van der Waals surface area contributed by atoms with E-state index in [0.29, 0.717) is 4.77 Å². The highest BCUT2D eigenvalue weighted by Crippen LogP contribution is 2.26. The van der Waals surface area contributed by atoms with E-state index >= 15 is 0 Å². The van der Waals surface area contributed by atoms with Gasteiger partial charge < -0.3 is 4.74 Å². The molecule has 0 aliphatic heterocycles. The Labute approximate surface area is 95.7 Å². The topological polar surface area (TPSA) is 42.8 Å². The second-order valence-electron chi connectivity index (χ2n) is 5.07. The standard InChI is InChI=1S/C10H19N3OS/c1-9(2,3)13-7(10(4,5)14-6)11-12-8(13)15/h1-6H3,(H,12,15). The SMILES string of the molecule is COC(C)(C)c1n[nH]c(=S)n1C(C)(C)C. The molecule has 1 N–H and O–H groups in total. The van der Waals surface area contributed by atoms with Gasteiger partial charge in [0.15, 0.2) is 10.6 Å². The zero-order valence-electron chi connectivity index (χ0n) is 10.2. The smallest absolute Gasteiger partial charge is 0.195 e. The van der Waals surface area contributed by atoms with Crippen molar-refractivity contribution in [2.75, 3.05) is 7.11 Å². The van der Waals surface area contributed by atoms with Gasteiger partial charge in [0.05, 0.1) is 0 Å². The van der Waals surface area contributed by atoms with Crippen LogP contribution in [0.15, 0.2) is 0 Å². The number of hydrogen-bond donors (Lipinski definition) is 1. The number of aromatic nitrogens is 3. The monoisotopic (exact) mass is 229 g/mol. The number of ether oxygens (including phenoxy) is 1. The fraction of sp³-hybridized carbons (Fsp3) is 0.800. The Hall–Kier alpha value is -0.680. The Morgan fingerprint density at radius 1 is 1.27 bits per heavy atom. The lowest BCUT2D eigenvalue weighted by molar-refractivity contribution is 0.00521. The van der Waals surface area contributed by atoms with E-state index in [1.54, 1.807) is 7.11 Å². The van der Waals surface area contributed by atoms with E-state index in [1.165, 1.54) is 0 Å². The van der Waals surface area contributed by atoms with Gasteiger partial charge in [-0.15, -0.1) is 0 Å². The van der Waals surface area contributed by atoms with Crippen molar-refractivity contribution < 1.29 is 4.74 Å². The van der Waals surface area contributed by atoms with Gasteiger partial charge in [-0.05, 0) is 46.8 Å². The fourth-order valence-electron chi connectivity index (χ4n) is 1.41. The summed E-state index contributed by atoms with van der Waals surface area (Å²) < 4.78 is 8.04. The van der Waals surface area contributed by atoms with Crippen LogP contribution >= 0.6 is 12.2 Å². The molecule has 4 nitrogen and oxygen atoms in total. The van der Waals surface area contributed by atoms with Gasteiger partial charge in [-0.2, -0.15) is 5.10 Å². The van der Waals surface area contributed by atoms with Gasteiger partial charge in [0.1, 0.15) is 5.60 Å². The molecule has 1 rings (SSSR count). The van der Waals surface area contributed by atoms with Crippen LogP contribution in [0.5, 0.6) is 0 Å². The van der Waals surface area contributed by atoms with Crippen LogP contribution in [0, 0.1) is 4.77 Å². The van der Waals surface area contributed by atoms with E-state index in [-0.39, 0.29) is 5.54 Å². The summed E-state index contributed by atoms with van der Waals surface area (Å²) >= 11 is 5.23. The molecule has 5 heteroatoms. The molecule has 0 radical (unpaired) electrons. The Balaban J connectivity index is 3.40. The van der Waals surface area contributed by atoms with Crippen LogP contribution in [0.3, 0.4) is 0 Å². The van der Waals surface area contributed by atoms with E-state index in [9.17, 15) is 0 Å². The van der Waals surface area contributed by atoms with Crippen LogP contribution in [0.4, 0.5) is 0 Å². The zero-order valence-corrected chi connectivity index (χ0v) is 11.0. The minimum absolute atomic E-state index is 0.102. The molecule has 0 atom stereocenters. The fourth-order valence-corrected chi connectivity index (χ4v) is 1.82. The van der Waals surface area contributed by atoms with E-state index < -0.39 is 5.60 Å². The average Bonchev–Trinajstić information content (AvgIpc) is 2.46. The number of H-pyrrole nitrogens is 1. The Kier molecular flexibility index (Phi) is 3.07. The van der Waals surface area contributed by atoms with Crippen molar-refractivity contribution >= 4 is 12.2 Å². The number of nitrogens with zero attached hydrogens (tertiary/aromatic N) is 2. The van der Waals surface area contributed by atoms with Gasteiger partial charge >= 0.3 is 0 Å². The number of aromatic amines is 1. The van der Waals surface area contributed by atoms with Crippen LogP contribution < -0.4 is 0 Å². The van der Waals surface area contributed by atoms with Crippen molar-refractivity contribution in [3.63, 3.8) is 0 Å². The molecule has 0 saturated heterocycles. The third-order valence-electron chi connectivity index (χ3n) is 2.39. The van der Waals surface area contributed by atoms with Crippen molar-refractivity contribution in [2.24, 2.45) is 0 Å². The molecule has 1 aromatic heterocycles. The van der Waals surface area contributed by atoms with Gasteiger partial charge in [0.25, 0.3) is 0 Å². The molecule has 1 heterocycles. The van der Waals surface area contributed by atoms with Gasteiger partial charge in [-0.25, -0.2) is 0 Å². The summed E-state index contributed by atoms with van der Waals surface area (Å²) in [7, 11) is 1.67. The number of rotatable bonds is 2. The molecule has 0 bridgehead atoms. The highest BCUT2D eigenvalue weighted by Gasteiger charge is 2.30. The maximum Gasteiger partial charge on any atom is 0.195 e. The molecule has 0 aromatic carbocycles. The first-order valence-electron chi connectivity index (χ1n) is 4.93. The molecule has 0 aliphatic carbocycles. The maximum atomic E-state index is 5.42. The number of nitrogens with one attached hydrogen (secondary N) is 1. The number of hydrogen-bond acceptors (Lipinski definition) is 3. The first-order valence-corrected chi connectivity index (χ1v) is 5.34. The third-order valence-corrected chi connectivity index (χ3v) is 2.67. The second-order valence-corrected chi connectivity index (χ2v) is 5.46. The van der Waals surface area contributed by atoms with Gasteiger partial charge in [-0.3, -0.25) is 9.67 Å². The highest BCUT2D eigenvalue weighted by molar-refractivity contribution is 7.71. The van der Waals surface area contributed by atoms with Crippen molar-refractivity contribution in [1.29, 1.82) is 0 Å². The summed E-state index contributed by atoms with van der Waals surface area (Å²) in [5.74, 6) is 0.822. The molecule has 0 amide bonds. The summed E-state index contributed by atoms with van der Waals surface area (Å²) in [5, 5.41) is 7.07. The summed E-state index contributed by atoms with van der Waals surface area (Å²) in [6, 6.07) is 0. The third kappa shape index (κ3) is 2.29. The predicted octanol–water partition coefficient (Wildman–Crippen LogP) is 2.58. The molecule has 86 valence electrons. The molecule has 0 aliphatic rings. The van der Waals surface area contributed by atoms with Gasteiger partial charge in [-0.1, -0.05) is 0 Å². The lowest BCUT2D eigenvalue weighted by Gasteiger charge is -2.29. The quantitative estimate of drug-likeness (QED) is 0.793. The zero-order chi connectivity index (χ0) is 11.9. The van der Waals surface area contributed by atoms with Crippen LogP contribution in [-0.4, -0.2) is 21.9 Å². The molecular formula is C10H19N3OS. The normalized spacial score (nSPS) is 13.2. The predicted molar refractivity (Wildman–Crippen MR) is 62.4 cm³/mol. The highest BCUT2D eigenvalue weighted by atomic mass is 32.1. The molecule has 0 saturated carbocycles.